The molecule has 1 N–H and O–H groups in total. The summed E-state index contributed by atoms with van der Waals surface area (Å²) < 4.78 is 6.29. The van der Waals surface area contributed by atoms with E-state index in [1.54, 1.807) is 0 Å². The number of aryl methyl sites for hydroxylation is 1. The van der Waals surface area contributed by atoms with Gasteiger partial charge in [0, 0.05) is 31.6 Å². The molecular formula is C30H26IrNO3-. The monoisotopic (exact) mass is 641 g/mol. The number of ketones is 1. The first-order valence-corrected chi connectivity index (χ1v) is 11.3. The second-order valence-electron chi connectivity index (χ2n) is 9.43. The van der Waals surface area contributed by atoms with Crippen LogP contribution in [0.25, 0.3) is 44.1 Å². The molecule has 2 aromatic heterocycles. The van der Waals surface area contributed by atoms with Gasteiger partial charge in [0.05, 0.1) is 16.9 Å². The molecule has 0 fully saturated rings. The standard InChI is InChI=1S/C25H18NO.C5H8O2.Ir/c1-14-11-12-17-22-21-16(8-6-10-20(21)27-24(14)22)23-18(25(17,2)3)13-15-7-4-5-9-19(15)26-23;1-4(6)3-5(2)7;/h4-7,9-13H,1-3H3;3,6H,1-2H3;/q-1;;/b;4-3-;. The van der Waals surface area contributed by atoms with Crippen molar-refractivity contribution in [1.29, 1.82) is 0 Å². The molecule has 6 rings (SSSR count). The second kappa shape index (κ2) is 9.07. The van der Waals surface area contributed by atoms with Crippen LogP contribution in [-0.4, -0.2) is 15.9 Å². The molecule has 0 unspecified atom stereocenters. The molecule has 3 aromatic carbocycles. The number of carbonyl (C=O) groups excluding carboxylic acids is 1. The molecule has 0 spiro atoms. The normalized spacial score (nSPS) is 13.7. The number of para-hydroxylation sites is 1. The summed E-state index contributed by atoms with van der Waals surface area (Å²) in [6, 6.07) is 22.5. The molecule has 0 atom stereocenters. The summed E-state index contributed by atoms with van der Waals surface area (Å²) in [5.41, 5.74) is 8.47. The molecule has 179 valence electrons. The smallest absolute Gasteiger partial charge is 0.155 e. The third-order valence-electron chi connectivity index (χ3n) is 6.49. The fourth-order valence-electron chi connectivity index (χ4n) is 4.92. The minimum Gasteiger partial charge on any atom is -0.512 e. The van der Waals surface area contributed by atoms with Crippen LogP contribution < -0.4 is 0 Å². The summed E-state index contributed by atoms with van der Waals surface area (Å²) in [4.78, 5) is 15.1. The maximum absolute atomic E-state index is 10.0. The molecule has 0 saturated heterocycles. The Morgan fingerprint density at radius 1 is 1.06 bits per heavy atom. The number of allylic oxidation sites excluding steroid dienone is 2. The molecule has 2 heterocycles. The Bertz CT molecular complexity index is 1640. The molecule has 0 saturated carbocycles. The van der Waals surface area contributed by atoms with Crippen LogP contribution in [0, 0.1) is 13.0 Å². The van der Waals surface area contributed by atoms with E-state index in [1.165, 1.54) is 41.8 Å². The molecule has 0 aliphatic heterocycles. The fraction of sp³-hybridized carbons (Fsp3) is 0.200. The van der Waals surface area contributed by atoms with Gasteiger partial charge < -0.3 is 9.52 Å². The van der Waals surface area contributed by atoms with Crippen LogP contribution in [0.15, 0.2) is 70.8 Å². The van der Waals surface area contributed by atoms with Gasteiger partial charge >= 0.3 is 0 Å². The van der Waals surface area contributed by atoms with Crippen LogP contribution >= 0.6 is 0 Å². The number of pyridine rings is 1. The number of carbonyl (C=O) groups is 1. The van der Waals surface area contributed by atoms with Crippen molar-refractivity contribution in [3.05, 3.63) is 89.2 Å². The van der Waals surface area contributed by atoms with Crippen molar-refractivity contribution in [3.63, 3.8) is 0 Å². The van der Waals surface area contributed by atoms with Crippen molar-refractivity contribution in [3.8, 4) is 11.3 Å². The molecule has 1 radical (unpaired) electrons. The number of nitrogens with zero attached hydrogens (tertiary/aromatic N) is 1. The Balaban J connectivity index is 0.000000320. The molecule has 5 aromatic rings. The first-order valence-electron chi connectivity index (χ1n) is 11.3. The quantitative estimate of drug-likeness (QED) is 0.117. The minimum atomic E-state index is -0.192. The topological polar surface area (TPSA) is 63.3 Å². The molecule has 35 heavy (non-hydrogen) atoms. The number of aliphatic hydroxyl groups excluding tert-OH is 1. The fourth-order valence-corrected chi connectivity index (χ4v) is 4.92. The summed E-state index contributed by atoms with van der Waals surface area (Å²) >= 11 is 0. The van der Waals surface area contributed by atoms with Crippen molar-refractivity contribution in [2.75, 3.05) is 0 Å². The Morgan fingerprint density at radius 2 is 1.80 bits per heavy atom. The maximum atomic E-state index is 10.0. The zero-order chi connectivity index (χ0) is 24.2. The predicted molar refractivity (Wildman–Crippen MR) is 137 cm³/mol. The maximum Gasteiger partial charge on any atom is 0.155 e. The van der Waals surface area contributed by atoms with Crippen LogP contribution in [0.5, 0.6) is 0 Å². The molecule has 5 heteroatoms. The molecular weight excluding hydrogens is 615 g/mol. The Hall–Kier alpha value is -3.27. The van der Waals surface area contributed by atoms with Crippen molar-refractivity contribution >= 4 is 38.6 Å². The first-order chi connectivity index (χ1) is 16.2. The number of aliphatic hydroxyl groups is 1. The van der Waals surface area contributed by atoms with E-state index in [1.807, 2.05) is 18.2 Å². The van der Waals surface area contributed by atoms with Gasteiger partial charge in [-0.2, -0.15) is 0 Å². The number of furan rings is 1. The van der Waals surface area contributed by atoms with Gasteiger partial charge in [0.1, 0.15) is 5.58 Å². The van der Waals surface area contributed by atoms with E-state index < -0.39 is 0 Å². The molecule has 0 amide bonds. The van der Waals surface area contributed by atoms with E-state index in [0.717, 1.165) is 38.9 Å². The van der Waals surface area contributed by atoms with E-state index >= 15 is 0 Å². The number of fused-ring (bicyclic) bond motifs is 3. The predicted octanol–water partition coefficient (Wildman–Crippen LogP) is 7.58. The van der Waals surface area contributed by atoms with Crippen LogP contribution in [0.4, 0.5) is 0 Å². The van der Waals surface area contributed by atoms with Gasteiger partial charge in [-0.15, -0.1) is 17.7 Å². The summed E-state index contributed by atoms with van der Waals surface area (Å²) in [7, 11) is 0. The van der Waals surface area contributed by atoms with Crippen molar-refractivity contribution in [2.45, 2.75) is 40.0 Å². The number of rotatable bonds is 1. The van der Waals surface area contributed by atoms with E-state index in [4.69, 9.17) is 14.5 Å². The van der Waals surface area contributed by atoms with E-state index in [-0.39, 0.29) is 37.1 Å². The van der Waals surface area contributed by atoms with Gasteiger partial charge in [-0.3, -0.25) is 9.78 Å². The average Bonchev–Trinajstić information content (AvgIpc) is 3.15. The summed E-state index contributed by atoms with van der Waals surface area (Å²) in [6.45, 7) is 9.54. The number of hydrogen-bond acceptors (Lipinski definition) is 4. The SMILES string of the molecule is CC(=O)/C=C(/C)O.Cc1ccc2c3c1oc1cc[c-]c(c13)-c1nc3ccccc3cc1C2(C)C.[Ir]. The number of hydrogen-bond donors (Lipinski definition) is 1. The minimum absolute atomic E-state index is 0. The molecule has 1 aliphatic carbocycles. The van der Waals surface area contributed by atoms with Crippen molar-refractivity contribution < 1.29 is 34.4 Å². The summed E-state index contributed by atoms with van der Waals surface area (Å²) in [5, 5.41) is 11.9. The molecule has 0 bridgehead atoms. The first kappa shape index (κ1) is 24.8. The van der Waals surface area contributed by atoms with Gasteiger partial charge in [-0.05, 0) is 54.4 Å². The summed E-state index contributed by atoms with van der Waals surface area (Å²) in [5.74, 6) is -0.0625. The van der Waals surface area contributed by atoms with E-state index in [2.05, 4.69) is 63.2 Å². The third-order valence-corrected chi connectivity index (χ3v) is 6.49. The van der Waals surface area contributed by atoms with Crippen LogP contribution in [-0.2, 0) is 30.3 Å². The van der Waals surface area contributed by atoms with E-state index in [0.29, 0.717) is 0 Å². The zero-order valence-electron chi connectivity index (χ0n) is 20.3. The largest absolute Gasteiger partial charge is 0.512 e. The van der Waals surface area contributed by atoms with Crippen LogP contribution in [0.1, 0.15) is 44.4 Å². The molecule has 1 aliphatic rings. The van der Waals surface area contributed by atoms with Crippen LogP contribution in [0.2, 0.25) is 0 Å². The van der Waals surface area contributed by atoms with Gasteiger partial charge in [0.15, 0.2) is 5.78 Å². The Kier molecular flexibility index (Phi) is 6.44. The van der Waals surface area contributed by atoms with Gasteiger partial charge in [-0.1, -0.05) is 67.3 Å². The second-order valence-corrected chi connectivity index (χ2v) is 9.43. The number of benzene rings is 3. The average molecular weight is 641 g/mol. The summed E-state index contributed by atoms with van der Waals surface area (Å²) in [6.07, 6.45) is 1.17. The van der Waals surface area contributed by atoms with Gasteiger partial charge in [0.2, 0.25) is 0 Å². The van der Waals surface area contributed by atoms with Crippen LogP contribution in [0.3, 0.4) is 0 Å². The third kappa shape index (κ3) is 4.09. The van der Waals surface area contributed by atoms with Crippen molar-refractivity contribution in [2.24, 2.45) is 0 Å². The Labute approximate surface area is 218 Å². The van der Waals surface area contributed by atoms with E-state index in [9.17, 15) is 4.79 Å². The zero-order valence-corrected chi connectivity index (χ0v) is 22.7. The van der Waals surface area contributed by atoms with Gasteiger partial charge in [0.25, 0.3) is 0 Å². The molecule has 4 nitrogen and oxygen atoms in total. The van der Waals surface area contributed by atoms with Gasteiger partial charge in [-0.25, -0.2) is 0 Å². The van der Waals surface area contributed by atoms with Crippen molar-refractivity contribution in [1.82, 2.24) is 4.98 Å². The number of aromatic nitrogens is 1. The Morgan fingerprint density at radius 3 is 2.49 bits per heavy atom.